The number of aromatic nitrogens is 1. The van der Waals surface area contributed by atoms with Crippen LogP contribution in [0.4, 0.5) is 4.39 Å². The summed E-state index contributed by atoms with van der Waals surface area (Å²) < 4.78 is 13.5. The molecule has 1 aromatic carbocycles. The zero-order chi connectivity index (χ0) is 14.7. The average molecular weight is 297 g/mol. The highest BCUT2D eigenvalue weighted by atomic mass is 35.5. The fourth-order valence-electron chi connectivity index (χ4n) is 1.88. The van der Waals surface area contributed by atoms with Gasteiger partial charge in [-0.2, -0.15) is 0 Å². The van der Waals surface area contributed by atoms with Crippen LogP contribution in [0.1, 0.15) is 5.56 Å². The van der Waals surface area contributed by atoms with Crippen LogP contribution >= 0.6 is 11.6 Å². The van der Waals surface area contributed by atoms with E-state index in [0.717, 1.165) is 16.5 Å². The second-order valence-corrected chi connectivity index (χ2v) is 4.62. The number of guanidine groups is 2. The van der Waals surface area contributed by atoms with Crippen LogP contribution in [0.25, 0.3) is 10.9 Å². The maximum absolute atomic E-state index is 13.5. The normalized spacial score (nSPS) is 10.5. The first-order chi connectivity index (χ1) is 9.47. The highest BCUT2D eigenvalue weighted by Crippen LogP contribution is 2.25. The molecule has 0 saturated carbocycles. The second kappa shape index (κ2) is 5.79. The highest BCUT2D eigenvalue weighted by Gasteiger charge is 2.08. The number of rotatable bonds is 3. The van der Waals surface area contributed by atoms with Gasteiger partial charge in [-0.3, -0.25) is 16.1 Å². The van der Waals surface area contributed by atoms with Crippen LogP contribution in [0.3, 0.4) is 0 Å². The third-order valence-corrected chi connectivity index (χ3v) is 3.05. The minimum Gasteiger partial charge on any atom is -0.370 e. The molecular weight excluding hydrogens is 283 g/mol. The smallest absolute Gasteiger partial charge is 0.195 e. The number of benzene rings is 1. The Morgan fingerprint density at radius 2 is 2.15 bits per heavy atom. The SMILES string of the molecule is N=C(N)NC(=N)NCCc1c[nH]c2cc(Cl)c(F)cc12. The quantitative estimate of drug-likeness (QED) is 0.381. The van der Waals surface area contributed by atoms with Crippen LogP contribution in [-0.2, 0) is 6.42 Å². The van der Waals surface area contributed by atoms with Crippen molar-refractivity contribution in [2.75, 3.05) is 6.54 Å². The Hall–Kier alpha value is -2.28. The monoisotopic (exact) mass is 296 g/mol. The summed E-state index contributed by atoms with van der Waals surface area (Å²) in [6.45, 7) is 0.455. The molecule has 0 spiro atoms. The maximum Gasteiger partial charge on any atom is 0.195 e. The van der Waals surface area contributed by atoms with Crippen molar-refractivity contribution < 1.29 is 4.39 Å². The number of hydrogen-bond acceptors (Lipinski definition) is 2. The van der Waals surface area contributed by atoms with Gasteiger partial charge in [0, 0.05) is 23.6 Å². The Bertz CT molecular complexity index is 665. The van der Waals surface area contributed by atoms with E-state index in [1.165, 1.54) is 6.07 Å². The molecule has 106 valence electrons. The number of nitrogens with one attached hydrogen (secondary N) is 5. The van der Waals surface area contributed by atoms with Gasteiger partial charge in [-0.1, -0.05) is 11.6 Å². The molecule has 0 atom stereocenters. The fourth-order valence-corrected chi connectivity index (χ4v) is 2.05. The summed E-state index contributed by atoms with van der Waals surface area (Å²) in [5, 5.41) is 20.4. The molecule has 0 bridgehead atoms. The van der Waals surface area contributed by atoms with Crippen LogP contribution in [0, 0.1) is 16.6 Å². The molecular formula is C12H14ClFN6. The van der Waals surface area contributed by atoms with Gasteiger partial charge in [-0.25, -0.2) is 4.39 Å². The second-order valence-electron chi connectivity index (χ2n) is 4.22. The van der Waals surface area contributed by atoms with E-state index >= 15 is 0 Å². The summed E-state index contributed by atoms with van der Waals surface area (Å²) in [5.41, 5.74) is 6.78. The summed E-state index contributed by atoms with van der Waals surface area (Å²) in [7, 11) is 0. The lowest BCUT2D eigenvalue weighted by molar-refractivity contribution is 0.630. The molecule has 0 aliphatic heterocycles. The molecule has 7 N–H and O–H groups in total. The molecule has 0 amide bonds. The Morgan fingerprint density at radius 1 is 1.40 bits per heavy atom. The summed E-state index contributed by atoms with van der Waals surface area (Å²) in [6.07, 6.45) is 2.37. The lowest BCUT2D eigenvalue weighted by atomic mass is 10.1. The molecule has 0 aliphatic carbocycles. The Kier molecular flexibility index (Phi) is 4.09. The zero-order valence-electron chi connectivity index (χ0n) is 10.5. The van der Waals surface area contributed by atoms with Crippen LogP contribution in [-0.4, -0.2) is 23.4 Å². The maximum atomic E-state index is 13.5. The van der Waals surface area contributed by atoms with E-state index in [0.29, 0.717) is 13.0 Å². The van der Waals surface area contributed by atoms with E-state index in [2.05, 4.69) is 15.6 Å². The Balaban J connectivity index is 2.02. The number of H-pyrrole nitrogens is 1. The van der Waals surface area contributed by atoms with Gasteiger partial charge in [0.2, 0.25) is 0 Å². The number of nitrogens with two attached hydrogens (primary N) is 1. The van der Waals surface area contributed by atoms with Gasteiger partial charge in [0.1, 0.15) is 5.82 Å². The standard InChI is InChI=1S/C12H14ClFN6/c13-8-4-10-7(3-9(8)14)6(5-19-10)1-2-18-12(17)20-11(15)16/h3-5,19H,1-2H2,(H6,15,16,17,18,20). The summed E-state index contributed by atoms with van der Waals surface area (Å²) in [5.74, 6) is -0.808. The third kappa shape index (κ3) is 3.18. The van der Waals surface area contributed by atoms with E-state index in [1.54, 1.807) is 12.3 Å². The predicted molar refractivity (Wildman–Crippen MR) is 77.7 cm³/mol. The summed E-state index contributed by atoms with van der Waals surface area (Å²) >= 11 is 5.72. The number of fused-ring (bicyclic) bond motifs is 1. The fraction of sp³-hybridized carbons (Fsp3) is 0.167. The minimum atomic E-state index is -0.459. The van der Waals surface area contributed by atoms with E-state index in [9.17, 15) is 4.39 Å². The number of halogens is 2. The molecule has 6 nitrogen and oxygen atoms in total. The van der Waals surface area contributed by atoms with Gasteiger partial charge in [-0.15, -0.1) is 0 Å². The van der Waals surface area contributed by atoms with Crippen molar-refractivity contribution in [1.82, 2.24) is 15.6 Å². The first kappa shape index (κ1) is 14.1. The molecule has 1 heterocycles. The first-order valence-corrected chi connectivity index (χ1v) is 6.23. The predicted octanol–water partition coefficient (Wildman–Crippen LogP) is 1.51. The third-order valence-electron chi connectivity index (χ3n) is 2.76. The van der Waals surface area contributed by atoms with E-state index < -0.39 is 5.82 Å². The van der Waals surface area contributed by atoms with Crippen molar-refractivity contribution in [2.45, 2.75) is 6.42 Å². The molecule has 2 aromatic rings. The zero-order valence-corrected chi connectivity index (χ0v) is 11.2. The molecule has 1 aromatic heterocycles. The van der Waals surface area contributed by atoms with Crippen LogP contribution < -0.4 is 16.4 Å². The molecule has 0 radical (unpaired) electrons. The number of aromatic amines is 1. The molecule has 2 rings (SSSR count). The van der Waals surface area contributed by atoms with Crippen molar-refractivity contribution in [2.24, 2.45) is 5.73 Å². The molecule has 0 aliphatic rings. The summed E-state index contributed by atoms with van der Waals surface area (Å²) in [6, 6.07) is 2.94. The van der Waals surface area contributed by atoms with Gasteiger partial charge < -0.3 is 16.0 Å². The van der Waals surface area contributed by atoms with Crippen LogP contribution in [0.5, 0.6) is 0 Å². The van der Waals surface area contributed by atoms with Crippen molar-refractivity contribution in [3.63, 3.8) is 0 Å². The van der Waals surface area contributed by atoms with E-state index in [-0.39, 0.29) is 16.9 Å². The van der Waals surface area contributed by atoms with E-state index in [1.807, 2.05) is 0 Å². The van der Waals surface area contributed by atoms with Gasteiger partial charge in [-0.05, 0) is 24.1 Å². The van der Waals surface area contributed by atoms with E-state index in [4.69, 9.17) is 28.2 Å². The highest BCUT2D eigenvalue weighted by molar-refractivity contribution is 6.31. The average Bonchev–Trinajstić information content (AvgIpc) is 2.72. The first-order valence-electron chi connectivity index (χ1n) is 5.86. The van der Waals surface area contributed by atoms with Crippen LogP contribution in [0.15, 0.2) is 18.3 Å². The molecule has 0 fully saturated rings. The van der Waals surface area contributed by atoms with Gasteiger partial charge in [0.15, 0.2) is 11.9 Å². The summed E-state index contributed by atoms with van der Waals surface area (Å²) in [4.78, 5) is 3.02. The van der Waals surface area contributed by atoms with Crippen molar-refractivity contribution in [3.05, 3.63) is 34.7 Å². The molecule has 0 saturated heterocycles. The van der Waals surface area contributed by atoms with Gasteiger partial charge in [0.25, 0.3) is 0 Å². The molecule has 20 heavy (non-hydrogen) atoms. The lowest BCUT2D eigenvalue weighted by Gasteiger charge is -2.08. The number of hydrogen-bond donors (Lipinski definition) is 6. The van der Waals surface area contributed by atoms with Crippen molar-refractivity contribution in [1.29, 1.82) is 10.8 Å². The minimum absolute atomic E-state index is 0.0495. The molecule has 0 unspecified atom stereocenters. The lowest BCUT2D eigenvalue weighted by Crippen LogP contribution is -2.43. The molecule has 8 heteroatoms. The van der Waals surface area contributed by atoms with Gasteiger partial charge >= 0.3 is 0 Å². The topological polar surface area (TPSA) is 114 Å². The largest absolute Gasteiger partial charge is 0.370 e. The Morgan fingerprint density at radius 3 is 2.85 bits per heavy atom. The Labute approximate surface area is 119 Å². The van der Waals surface area contributed by atoms with Crippen LogP contribution in [0.2, 0.25) is 5.02 Å². The van der Waals surface area contributed by atoms with Crippen molar-refractivity contribution >= 4 is 34.4 Å². The van der Waals surface area contributed by atoms with Gasteiger partial charge in [0.05, 0.1) is 5.02 Å². The van der Waals surface area contributed by atoms with Crippen molar-refractivity contribution in [3.8, 4) is 0 Å².